The van der Waals surface area contributed by atoms with Gasteiger partial charge in [0.25, 0.3) is 0 Å². The first-order valence-corrected chi connectivity index (χ1v) is 5.81. The molecule has 0 radical (unpaired) electrons. The summed E-state index contributed by atoms with van der Waals surface area (Å²) >= 11 is 0. The summed E-state index contributed by atoms with van der Waals surface area (Å²) in [6, 6.07) is 9.78. The Bertz CT molecular complexity index is 752. The van der Waals surface area contributed by atoms with Gasteiger partial charge in [0.1, 0.15) is 11.3 Å². The average Bonchev–Trinajstić information content (AvgIpc) is 2.72. The Morgan fingerprint density at radius 1 is 1.21 bits per heavy atom. The minimum atomic E-state index is -0.356. The summed E-state index contributed by atoms with van der Waals surface area (Å²) in [4.78, 5) is 4.25. The van der Waals surface area contributed by atoms with E-state index in [0.29, 0.717) is 17.3 Å². The molecule has 0 aliphatic rings. The van der Waals surface area contributed by atoms with Crippen molar-refractivity contribution in [1.82, 2.24) is 4.98 Å². The molecule has 2 aromatic carbocycles. The molecule has 1 aromatic heterocycles. The van der Waals surface area contributed by atoms with Crippen molar-refractivity contribution in [3.63, 3.8) is 0 Å². The zero-order valence-electron chi connectivity index (χ0n) is 10.3. The maximum absolute atomic E-state index is 13.0. The molecular formula is C14H12FN3O. The van der Waals surface area contributed by atoms with E-state index in [1.807, 2.05) is 18.2 Å². The van der Waals surface area contributed by atoms with Crippen LogP contribution < -0.4 is 11.1 Å². The van der Waals surface area contributed by atoms with Crippen molar-refractivity contribution in [3.8, 4) is 0 Å². The van der Waals surface area contributed by atoms with E-state index in [1.165, 1.54) is 12.1 Å². The van der Waals surface area contributed by atoms with Gasteiger partial charge in [-0.1, -0.05) is 0 Å². The lowest BCUT2D eigenvalue weighted by Gasteiger charge is -2.08. The van der Waals surface area contributed by atoms with Crippen LogP contribution in [0.4, 0.5) is 21.5 Å². The first-order chi connectivity index (χ1) is 9.11. The van der Waals surface area contributed by atoms with E-state index >= 15 is 0 Å². The number of oxazole rings is 1. The maximum Gasteiger partial charge on any atom is 0.192 e. The Kier molecular flexibility index (Phi) is 2.59. The lowest BCUT2D eigenvalue weighted by atomic mass is 10.2. The monoisotopic (exact) mass is 257 g/mol. The van der Waals surface area contributed by atoms with Crippen molar-refractivity contribution < 1.29 is 8.81 Å². The standard InChI is InChI=1S/C14H12FN3O/c1-8-17-13-7-10(3-5-14(13)19-8)18-12-4-2-9(15)6-11(12)16/h2-7,18H,16H2,1H3. The summed E-state index contributed by atoms with van der Waals surface area (Å²) in [5, 5.41) is 3.13. The number of rotatable bonds is 2. The molecule has 1 heterocycles. The fourth-order valence-electron chi connectivity index (χ4n) is 1.92. The van der Waals surface area contributed by atoms with Gasteiger partial charge < -0.3 is 15.5 Å². The van der Waals surface area contributed by atoms with Gasteiger partial charge in [-0.05, 0) is 36.4 Å². The van der Waals surface area contributed by atoms with Crippen LogP contribution in [0.2, 0.25) is 0 Å². The van der Waals surface area contributed by atoms with Crippen LogP contribution >= 0.6 is 0 Å². The highest BCUT2D eigenvalue weighted by atomic mass is 19.1. The van der Waals surface area contributed by atoms with Gasteiger partial charge in [-0.3, -0.25) is 0 Å². The molecule has 3 N–H and O–H groups in total. The summed E-state index contributed by atoms with van der Waals surface area (Å²) in [5.74, 6) is 0.263. The van der Waals surface area contributed by atoms with Crippen LogP contribution in [-0.2, 0) is 0 Å². The summed E-state index contributed by atoms with van der Waals surface area (Å²) in [6.07, 6.45) is 0. The molecule has 0 amide bonds. The molecule has 0 unspecified atom stereocenters. The van der Waals surface area contributed by atoms with Gasteiger partial charge in [0, 0.05) is 12.6 Å². The lowest BCUT2D eigenvalue weighted by molar-refractivity contribution is 0.561. The van der Waals surface area contributed by atoms with E-state index in [0.717, 1.165) is 16.8 Å². The molecular weight excluding hydrogens is 245 g/mol. The zero-order chi connectivity index (χ0) is 13.4. The SMILES string of the molecule is Cc1nc2cc(Nc3ccc(F)cc3N)ccc2o1. The zero-order valence-corrected chi connectivity index (χ0v) is 10.3. The van der Waals surface area contributed by atoms with Gasteiger partial charge in [0.2, 0.25) is 0 Å². The van der Waals surface area contributed by atoms with Crippen molar-refractivity contribution in [1.29, 1.82) is 0 Å². The topological polar surface area (TPSA) is 64.1 Å². The molecule has 0 atom stereocenters. The van der Waals surface area contributed by atoms with Crippen LogP contribution in [0.5, 0.6) is 0 Å². The van der Waals surface area contributed by atoms with E-state index in [9.17, 15) is 4.39 Å². The fourth-order valence-corrected chi connectivity index (χ4v) is 1.92. The second-order valence-electron chi connectivity index (χ2n) is 4.27. The predicted molar refractivity (Wildman–Crippen MR) is 72.8 cm³/mol. The molecule has 19 heavy (non-hydrogen) atoms. The largest absolute Gasteiger partial charge is 0.441 e. The molecule has 0 saturated heterocycles. The minimum absolute atomic E-state index is 0.356. The number of halogens is 1. The number of nitrogens with zero attached hydrogens (tertiary/aromatic N) is 1. The van der Waals surface area contributed by atoms with E-state index in [-0.39, 0.29) is 5.82 Å². The van der Waals surface area contributed by atoms with Gasteiger partial charge in [-0.2, -0.15) is 0 Å². The molecule has 0 bridgehead atoms. The van der Waals surface area contributed by atoms with Crippen LogP contribution in [0, 0.1) is 12.7 Å². The number of aryl methyl sites for hydroxylation is 1. The molecule has 3 rings (SSSR count). The average molecular weight is 257 g/mol. The first-order valence-electron chi connectivity index (χ1n) is 5.81. The molecule has 5 heteroatoms. The van der Waals surface area contributed by atoms with Crippen molar-refractivity contribution in [2.75, 3.05) is 11.1 Å². The molecule has 3 aromatic rings. The van der Waals surface area contributed by atoms with Gasteiger partial charge in [0.05, 0.1) is 11.4 Å². The number of aromatic nitrogens is 1. The van der Waals surface area contributed by atoms with E-state index in [4.69, 9.17) is 10.2 Å². The first kappa shape index (κ1) is 11.5. The third kappa shape index (κ3) is 2.22. The molecule has 96 valence electrons. The smallest absolute Gasteiger partial charge is 0.192 e. The molecule has 0 spiro atoms. The maximum atomic E-state index is 13.0. The normalized spacial score (nSPS) is 10.8. The molecule has 0 aliphatic heterocycles. The van der Waals surface area contributed by atoms with Gasteiger partial charge in [0.15, 0.2) is 11.5 Å². The third-order valence-corrected chi connectivity index (χ3v) is 2.79. The van der Waals surface area contributed by atoms with Crippen LogP contribution in [0.25, 0.3) is 11.1 Å². The number of nitrogens with one attached hydrogen (secondary N) is 1. The van der Waals surface area contributed by atoms with Crippen molar-refractivity contribution >= 4 is 28.2 Å². The molecule has 0 saturated carbocycles. The predicted octanol–water partition coefficient (Wildman–Crippen LogP) is 3.60. The number of anilines is 3. The molecule has 0 aliphatic carbocycles. The molecule has 4 nitrogen and oxygen atoms in total. The van der Waals surface area contributed by atoms with Crippen molar-refractivity contribution in [2.24, 2.45) is 0 Å². The summed E-state index contributed by atoms with van der Waals surface area (Å²) < 4.78 is 18.4. The van der Waals surface area contributed by atoms with Crippen LogP contribution in [0.1, 0.15) is 5.89 Å². The van der Waals surface area contributed by atoms with Crippen molar-refractivity contribution in [3.05, 3.63) is 48.1 Å². The number of fused-ring (bicyclic) bond motifs is 1. The van der Waals surface area contributed by atoms with Gasteiger partial charge in [-0.15, -0.1) is 0 Å². The Hall–Kier alpha value is -2.56. The Morgan fingerprint density at radius 2 is 2.05 bits per heavy atom. The fraction of sp³-hybridized carbons (Fsp3) is 0.0714. The Morgan fingerprint density at radius 3 is 2.84 bits per heavy atom. The van der Waals surface area contributed by atoms with Crippen LogP contribution in [0.15, 0.2) is 40.8 Å². The van der Waals surface area contributed by atoms with Gasteiger partial charge >= 0.3 is 0 Å². The van der Waals surface area contributed by atoms with Crippen LogP contribution in [-0.4, -0.2) is 4.98 Å². The van der Waals surface area contributed by atoms with Crippen molar-refractivity contribution in [2.45, 2.75) is 6.92 Å². The number of nitrogen functional groups attached to an aromatic ring is 1. The summed E-state index contributed by atoms with van der Waals surface area (Å²) in [7, 11) is 0. The van der Waals surface area contributed by atoms with Gasteiger partial charge in [-0.25, -0.2) is 9.37 Å². The Balaban J connectivity index is 1.96. The highest BCUT2D eigenvalue weighted by Gasteiger charge is 2.05. The number of hydrogen-bond donors (Lipinski definition) is 2. The summed E-state index contributed by atoms with van der Waals surface area (Å²) in [6.45, 7) is 1.80. The molecule has 0 fully saturated rings. The van der Waals surface area contributed by atoms with E-state index in [2.05, 4.69) is 10.3 Å². The number of benzene rings is 2. The minimum Gasteiger partial charge on any atom is -0.441 e. The summed E-state index contributed by atoms with van der Waals surface area (Å²) in [5.41, 5.74) is 9.08. The second-order valence-corrected chi connectivity index (χ2v) is 4.27. The quantitative estimate of drug-likeness (QED) is 0.688. The third-order valence-electron chi connectivity index (χ3n) is 2.79. The lowest BCUT2D eigenvalue weighted by Crippen LogP contribution is -1.96. The van der Waals surface area contributed by atoms with Crippen LogP contribution in [0.3, 0.4) is 0 Å². The highest BCUT2D eigenvalue weighted by molar-refractivity contribution is 5.81. The second kappa shape index (κ2) is 4.28. The van der Waals surface area contributed by atoms with E-state index in [1.54, 1.807) is 13.0 Å². The highest BCUT2D eigenvalue weighted by Crippen LogP contribution is 2.26. The van der Waals surface area contributed by atoms with E-state index < -0.39 is 0 Å². The number of nitrogens with two attached hydrogens (primary N) is 1. The Labute approximate surface area is 109 Å². The number of hydrogen-bond acceptors (Lipinski definition) is 4.